The van der Waals surface area contributed by atoms with Crippen LogP contribution in [-0.4, -0.2) is 37.6 Å². The first-order valence-electron chi connectivity index (χ1n) is 5.48. The van der Waals surface area contributed by atoms with Crippen molar-refractivity contribution in [3.8, 4) is 0 Å². The number of benzene rings is 1. The van der Waals surface area contributed by atoms with Gasteiger partial charge in [0.05, 0.1) is 29.1 Å². The summed E-state index contributed by atoms with van der Waals surface area (Å²) in [7, 11) is -4.49. The second kappa shape index (κ2) is 6.39. The van der Waals surface area contributed by atoms with E-state index in [4.69, 9.17) is 11.6 Å². The lowest BCUT2D eigenvalue weighted by Gasteiger charge is -2.22. The van der Waals surface area contributed by atoms with E-state index in [1.165, 1.54) is 0 Å². The molecular weight excluding hydrogens is 326 g/mol. The average molecular weight is 336 g/mol. The molecule has 0 aliphatic carbocycles. The zero-order valence-electron chi connectivity index (χ0n) is 10.6. The van der Waals surface area contributed by atoms with Crippen LogP contribution < -0.4 is 14.9 Å². The van der Waals surface area contributed by atoms with Crippen LogP contribution >= 0.6 is 11.6 Å². The maximum Gasteiger partial charge on any atom is 0.242 e. The lowest BCUT2D eigenvalue weighted by molar-refractivity contribution is -0.309. The molecule has 0 heterocycles. The normalized spacial score (nSPS) is 14.4. The van der Waals surface area contributed by atoms with Gasteiger partial charge < -0.3 is 24.9 Å². The Bertz CT molecular complexity index is 671. The molecule has 0 bridgehead atoms. The molecule has 2 N–H and O–H groups in total. The maximum absolute atomic E-state index is 12.0. The highest BCUT2D eigenvalue weighted by atomic mass is 35.5. The topological polar surface area (TPSA) is 147 Å². The molecule has 10 heteroatoms. The van der Waals surface area contributed by atoms with Crippen molar-refractivity contribution in [2.75, 3.05) is 0 Å². The van der Waals surface area contributed by atoms with Gasteiger partial charge in [-0.05, 0) is 24.6 Å². The Hall–Kier alpha value is -1.68. The number of aromatic carboxylic acids is 1. The number of carboxylic acid groups (broad SMARTS) is 2. The molecule has 8 nitrogen and oxygen atoms in total. The van der Waals surface area contributed by atoms with Crippen LogP contribution in [0.3, 0.4) is 0 Å². The molecule has 21 heavy (non-hydrogen) atoms. The molecule has 1 aromatic rings. The number of hydrogen-bond donors (Lipinski definition) is 2. The number of carbonyl (C=O) groups excluding carboxylic acids is 2. The third-order valence-electron chi connectivity index (χ3n) is 2.47. The monoisotopic (exact) mass is 335 g/mol. The van der Waals surface area contributed by atoms with Gasteiger partial charge in [-0.15, -0.1) is 0 Å². The van der Waals surface area contributed by atoms with Gasteiger partial charge in [0.25, 0.3) is 0 Å². The van der Waals surface area contributed by atoms with Crippen molar-refractivity contribution in [2.45, 2.75) is 24.0 Å². The number of hydrogen-bond acceptors (Lipinski definition) is 7. The lowest BCUT2D eigenvalue weighted by atomic mass is 10.2. The van der Waals surface area contributed by atoms with Crippen LogP contribution in [0.25, 0.3) is 0 Å². The van der Waals surface area contributed by atoms with E-state index in [1.807, 2.05) is 0 Å². The molecule has 2 atom stereocenters. The van der Waals surface area contributed by atoms with Gasteiger partial charge in [-0.25, -0.2) is 8.42 Å². The van der Waals surface area contributed by atoms with E-state index in [2.05, 4.69) is 0 Å². The van der Waals surface area contributed by atoms with Crippen LogP contribution in [0.15, 0.2) is 23.1 Å². The Labute approximate surface area is 125 Å². The van der Waals surface area contributed by atoms with E-state index in [-0.39, 0.29) is 5.02 Å². The summed E-state index contributed by atoms with van der Waals surface area (Å²) in [6, 6.07) is 0.839. The molecule has 0 aliphatic rings. The highest BCUT2D eigenvalue weighted by Crippen LogP contribution is 2.22. The molecule has 1 rings (SSSR count). The standard InChI is InChI=1S/C11H12ClNO7S/c1-5(14)9(11(17)18)13-21(19,20)8-4-6(10(15)16)2-3-7(8)12/h2-5,9,13-14H,1H3,(H,15,16)(H,17,18)/p-2/t5-,9+/m1/s1. The van der Waals surface area contributed by atoms with E-state index in [0.717, 1.165) is 19.1 Å². The fourth-order valence-corrected chi connectivity index (χ4v) is 3.19. The minimum absolute atomic E-state index is 0.324. The van der Waals surface area contributed by atoms with Gasteiger partial charge in [0, 0.05) is 0 Å². The molecule has 0 amide bonds. The van der Waals surface area contributed by atoms with E-state index in [0.29, 0.717) is 6.07 Å². The van der Waals surface area contributed by atoms with E-state index in [1.54, 1.807) is 4.72 Å². The quantitative estimate of drug-likeness (QED) is 0.583. The van der Waals surface area contributed by atoms with Crippen LogP contribution in [-0.2, 0) is 14.8 Å². The largest absolute Gasteiger partial charge is 0.548 e. The van der Waals surface area contributed by atoms with Gasteiger partial charge in [-0.3, -0.25) is 0 Å². The number of aliphatic carboxylic acids is 1. The Balaban J connectivity index is 3.27. The number of aliphatic hydroxyl groups excluding tert-OH is 1. The first-order valence-corrected chi connectivity index (χ1v) is 7.34. The highest BCUT2D eigenvalue weighted by Gasteiger charge is 2.26. The van der Waals surface area contributed by atoms with Crippen molar-refractivity contribution in [3.05, 3.63) is 28.8 Å². The maximum atomic E-state index is 12.0. The third kappa shape index (κ3) is 4.14. The van der Waals surface area contributed by atoms with Crippen LogP contribution in [0.2, 0.25) is 5.02 Å². The predicted octanol–water partition coefficient (Wildman–Crippen LogP) is -2.52. The zero-order valence-corrected chi connectivity index (χ0v) is 12.1. The highest BCUT2D eigenvalue weighted by molar-refractivity contribution is 7.89. The van der Waals surface area contributed by atoms with Crippen molar-refractivity contribution in [2.24, 2.45) is 0 Å². The molecule has 0 spiro atoms. The molecule has 0 radical (unpaired) electrons. The van der Waals surface area contributed by atoms with Crippen LogP contribution in [0.5, 0.6) is 0 Å². The number of sulfonamides is 1. The van der Waals surface area contributed by atoms with E-state index in [9.17, 15) is 33.3 Å². The first kappa shape index (κ1) is 17.4. The number of aliphatic hydroxyl groups is 1. The van der Waals surface area contributed by atoms with Gasteiger partial charge in [0.2, 0.25) is 10.0 Å². The van der Waals surface area contributed by atoms with Crippen molar-refractivity contribution in [1.82, 2.24) is 4.72 Å². The van der Waals surface area contributed by atoms with Crippen molar-refractivity contribution < 1.29 is 33.3 Å². The lowest BCUT2D eigenvalue weighted by Crippen LogP contribution is -2.53. The van der Waals surface area contributed by atoms with E-state index >= 15 is 0 Å². The van der Waals surface area contributed by atoms with Crippen LogP contribution in [0.4, 0.5) is 0 Å². The fourth-order valence-electron chi connectivity index (χ4n) is 1.41. The summed E-state index contributed by atoms with van der Waals surface area (Å²) >= 11 is 5.67. The van der Waals surface area contributed by atoms with Gasteiger partial charge in [0.1, 0.15) is 4.90 Å². The smallest absolute Gasteiger partial charge is 0.242 e. The average Bonchev–Trinajstić information content (AvgIpc) is 2.35. The van der Waals surface area contributed by atoms with E-state index < -0.39 is 44.6 Å². The summed E-state index contributed by atoms with van der Waals surface area (Å²) in [5.41, 5.74) is -0.457. The summed E-state index contributed by atoms with van der Waals surface area (Å²) in [6.07, 6.45) is -1.58. The van der Waals surface area contributed by atoms with Gasteiger partial charge in [-0.2, -0.15) is 4.72 Å². The molecule has 0 aliphatic heterocycles. The molecule has 0 aromatic heterocycles. The van der Waals surface area contributed by atoms with Crippen molar-refractivity contribution in [3.63, 3.8) is 0 Å². The summed E-state index contributed by atoms with van der Waals surface area (Å²) in [5.74, 6) is -3.48. The first-order chi connectivity index (χ1) is 9.56. The predicted molar refractivity (Wildman–Crippen MR) is 66.6 cm³/mol. The van der Waals surface area contributed by atoms with Crippen molar-refractivity contribution >= 4 is 33.6 Å². The molecule has 0 saturated heterocycles. The van der Waals surface area contributed by atoms with Gasteiger partial charge >= 0.3 is 0 Å². The van der Waals surface area contributed by atoms with Crippen LogP contribution in [0, 0.1) is 0 Å². The van der Waals surface area contributed by atoms with Crippen molar-refractivity contribution in [1.29, 1.82) is 0 Å². The van der Waals surface area contributed by atoms with Gasteiger partial charge in [0.15, 0.2) is 0 Å². The summed E-state index contributed by atoms with van der Waals surface area (Å²) in [6.45, 7) is 1.04. The number of rotatable bonds is 6. The van der Waals surface area contributed by atoms with Crippen LogP contribution in [0.1, 0.15) is 17.3 Å². The zero-order chi connectivity index (χ0) is 16.4. The van der Waals surface area contributed by atoms with Gasteiger partial charge in [-0.1, -0.05) is 17.7 Å². The molecular formula is C11H10ClNO7S-2. The molecule has 1 aromatic carbocycles. The minimum atomic E-state index is -4.49. The summed E-state index contributed by atoms with van der Waals surface area (Å²) in [5, 5.41) is 30.4. The Morgan fingerprint density at radius 2 is 1.90 bits per heavy atom. The number of carbonyl (C=O) groups is 2. The Kier molecular flexibility index (Phi) is 5.29. The Morgan fingerprint density at radius 3 is 2.33 bits per heavy atom. The Morgan fingerprint density at radius 1 is 1.33 bits per heavy atom. The SMILES string of the molecule is C[C@@H](O)[C@H](NS(=O)(=O)c1cc(C(=O)[O-])ccc1Cl)C(=O)[O-]. The second-order valence-corrected chi connectivity index (χ2v) is 6.18. The summed E-state index contributed by atoms with van der Waals surface area (Å²) < 4.78 is 25.7. The number of nitrogens with one attached hydrogen (secondary N) is 1. The molecule has 0 fully saturated rings. The molecule has 0 unspecified atom stereocenters. The molecule has 116 valence electrons. The fraction of sp³-hybridized carbons (Fsp3) is 0.273. The second-order valence-electron chi connectivity index (χ2n) is 4.09. The summed E-state index contributed by atoms with van der Waals surface area (Å²) in [4.78, 5) is 20.8. The number of halogens is 1. The molecule has 0 saturated carbocycles. The third-order valence-corrected chi connectivity index (χ3v) is 4.40. The number of carboxylic acids is 2. The minimum Gasteiger partial charge on any atom is -0.548 e.